The summed E-state index contributed by atoms with van der Waals surface area (Å²) in [5.74, 6) is -0.899. The molecule has 192 valence electrons. The van der Waals surface area contributed by atoms with Gasteiger partial charge in [0.2, 0.25) is 0 Å². The van der Waals surface area contributed by atoms with Gasteiger partial charge in [-0.1, -0.05) is 42.5 Å². The van der Waals surface area contributed by atoms with Crippen molar-refractivity contribution in [3.8, 4) is 17.1 Å². The Labute approximate surface area is 209 Å². The fourth-order valence-electron chi connectivity index (χ4n) is 4.10. The molecule has 0 spiro atoms. The highest BCUT2D eigenvalue weighted by Gasteiger charge is 2.32. The van der Waals surface area contributed by atoms with Crippen molar-refractivity contribution in [3.63, 3.8) is 0 Å². The van der Waals surface area contributed by atoms with Crippen LogP contribution in [-0.2, 0) is 30.5 Å². The number of hydrogen-bond donors (Lipinski definition) is 1. The van der Waals surface area contributed by atoms with Crippen molar-refractivity contribution in [3.05, 3.63) is 106 Å². The van der Waals surface area contributed by atoms with E-state index in [2.05, 4.69) is 5.10 Å². The van der Waals surface area contributed by atoms with Crippen molar-refractivity contribution in [1.29, 1.82) is 0 Å². The molecule has 0 amide bonds. The van der Waals surface area contributed by atoms with Gasteiger partial charge < -0.3 is 5.11 Å². The van der Waals surface area contributed by atoms with E-state index in [0.717, 1.165) is 10.7 Å². The van der Waals surface area contributed by atoms with Gasteiger partial charge in [-0.2, -0.15) is 13.2 Å². The lowest BCUT2D eigenvalue weighted by atomic mass is 10.0. The van der Waals surface area contributed by atoms with Gasteiger partial charge in [0.15, 0.2) is 11.6 Å². The number of phenols is 1. The van der Waals surface area contributed by atoms with Crippen LogP contribution in [0.2, 0.25) is 0 Å². The number of carbonyl (C=O) groups excluding carboxylic acids is 1. The molecule has 37 heavy (non-hydrogen) atoms. The number of aromatic hydroxyl groups is 1. The zero-order chi connectivity index (χ0) is 26.6. The molecular weight excluding hydrogens is 490 g/mol. The number of aromatic nitrogens is 3. The third-order valence-corrected chi connectivity index (χ3v) is 5.85. The monoisotopic (exact) mass is 513 g/mol. The second-order valence-electron chi connectivity index (χ2n) is 8.54. The summed E-state index contributed by atoms with van der Waals surface area (Å²) in [5, 5.41) is 14.6. The van der Waals surface area contributed by atoms with Gasteiger partial charge in [-0.05, 0) is 54.3 Å². The molecular formula is C27H23F4N3O3. The van der Waals surface area contributed by atoms with Crippen LogP contribution >= 0.6 is 0 Å². The molecule has 1 aromatic heterocycles. The highest BCUT2D eigenvalue weighted by atomic mass is 19.4. The number of para-hydroxylation sites is 1. The van der Waals surface area contributed by atoms with Gasteiger partial charge in [0.05, 0.1) is 17.7 Å². The summed E-state index contributed by atoms with van der Waals surface area (Å²) in [5.41, 5.74) is -0.541. The Hall–Kier alpha value is -4.21. The zero-order valence-electron chi connectivity index (χ0n) is 19.6. The van der Waals surface area contributed by atoms with Gasteiger partial charge in [-0.3, -0.25) is 9.36 Å². The predicted octanol–water partition coefficient (Wildman–Crippen LogP) is 5.22. The van der Waals surface area contributed by atoms with E-state index in [0.29, 0.717) is 5.56 Å². The van der Waals surface area contributed by atoms with Gasteiger partial charge in [0, 0.05) is 6.42 Å². The molecule has 0 atom stereocenters. The van der Waals surface area contributed by atoms with Crippen molar-refractivity contribution in [2.45, 2.75) is 38.5 Å². The van der Waals surface area contributed by atoms with E-state index in [4.69, 9.17) is 0 Å². The summed E-state index contributed by atoms with van der Waals surface area (Å²) in [4.78, 5) is 25.8. The number of ketones is 1. The first-order valence-corrected chi connectivity index (χ1v) is 11.5. The minimum atomic E-state index is -4.48. The van der Waals surface area contributed by atoms with Crippen LogP contribution in [0.25, 0.3) is 11.4 Å². The number of Topliss-reactive ketones (excluding diaryl/α,β-unsaturated/α-hetero) is 1. The van der Waals surface area contributed by atoms with Crippen molar-refractivity contribution >= 4 is 5.78 Å². The topological polar surface area (TPSA) is 77.1 Å². The Kier molecular flexibility index (Phi) is 7.56. The minimum absolute atomic E-state index is 0.0491. The second kappa shape index (κ2) is 10.8. The summed E-state index contributed by atoms with van der Waals surface area (Å²) < 4.78 is 55.5. The SMILES string of the molecule is O=C(CCCc1ccccc1C(F)(F)F)Cn1nc(-c2ccccc2O)n(Cc2cccc(F)c2)c1=O. The predicted molar refractivity (Wildman–Crippen MR) is 128 cm³/mol. The lowest BCUT2D eigenvalue weighted by Gasteiger charge is -2.12. The number of nitrogens with zero attached hydrogens (tertiary/aromatic N) is 3. The molecule has 1 heterocycles. The van der Waals surface area contributed by atoms with E-state index in [1.54, 1.807) is 24.3 Å². The first-order valence-electron chi connectivity index (χ1n) is 11.5. The number of phenolic OH excluding ortho intramolecular Hbond substituents is 1. The molecule has 1 N–H and O–H groups in total. The Bertz CT molecular complexity index is 1470. The summed E-state index contributed by atoms with van der Waals surface area (Å²) in [6, 6.07) is 17.1. The van der Waals surface area contributed by atoms with Crippen LogP contribution < -0.4 is 5.69 Å². The van der Waals surface area contributed by atoms with Crippen LogP contribution in [0.15, 0.2) is 77.6 Å². The maximum Gasteiger partial charge on any atom is 0.416 e. The lowest BCUT2D eigenvalue weighted by molar-refractivity contribution is -0.138. The smallest absolute Gasteiger partial charge is 0.416 e. The van der Waals surface area contributed by atoms with Gasteiger partial charge >= 0.3 is 11.9 Å². The highest BCUT2D eigenvalue weighted by molar-refractivity contribution is 5.78. The summed E-state index contributed by atoms with van der Waals surface area (Å²) in [6.45, 7) is -0.445. The van der Waals surface area contributed by atoms with Crippen LogP contribution in [0.3, 0.4) is 0 Å². The number of alkyl halides is 3. The Morgan fingerprint density at radius 1 is 0.973 bits per heavy atom. The van der Waals surface area contributed by atoms with E-state index in [-0.39, 0.29) is 54.3 Å². The Balaban J connectivity index is 1.54. The quantitative estimate of drug-likeness (QED) is 0.312. The molecule has 10 heteroatoms. The third-order valence-electron chi connectivity index (χ3n) is 5.85. The molecule has 0 aliphatic rings. The number of halogens is 4. The van der Waals surface area contributed by atoms with E-state index in [9.17, 15) is 32.3 Å². The standard InChI is InChI=1S/C27H23F4N3O3/c28-20-10-5-7-18(15-20)16-33-25(22-12-2-4-14-24(22)36)32-34(26(33)37)17-21(35)11-6-9-19-8-1-3-13-23(19)27(29,30)31/h1-5,7-8,10,12-15,36H,6,9,11,16-17H2. The fraction of sp³-hybridized carbons (Fsp3) is 0.222. The molecule has 0 aliphatic carbocycles. The van der Waals surface area contributed by atoms with Gasteiger partial charge in [-0.15, -0.1) is 5.10 Å². The summed E-state index contributed by atoms with van der Waals surface area (Å²) in [6.07, 6.45) is -4.33. The van der Waals surface area contributed by atoms with Crippen LogP contribution in [-0.4, -0.2) is 25.2 Å². The minimum Gasteiger partial charge on any atom is -0.507 e. The number of hydrogen-bond acceptors (Lipinski definition) is 4. The molecule has 4 rings (SSSR count). The second-order valence-corrected chi connectivity index (χ2v) is 8.54. The first kappa shape index (κ1) is 25.9. The number of carbonyl (C=O) groups is 1. The van der Waals surface area contributed by atoms with Crippen LogP contribution in [0.5, 0.6) is 5.75 Å². The van der Waals surface area contributed by atoms with Crippen LogP contribution in [0, 0.1) is 5.82 Å². The molecule has 0 bridgehead atoms. The fourth-order valence-corrected chi connectivity index (χ4v) is 4.10. The largest absolute Gasteiger partial charge is 0.507 e. The van der Waals surface area contributed by atoms with E-state index in [1.807, 2.05) is 0 Å². The van der Waals surface area contributed by atoms with Crippen molar-refractivity contribution < 1.29 is 27.5 Å². The van der Waals surface area contributed by atoms with E-state index >= 15 is 0 Å². The molecule has 6 nitrogen and oxygen atoms in total. The third kappa shape index (κ3) is 6.14. The molecule has 0 fully saturated rings. The van der Waals surface area contributed by atoms with Gasteiger partial charge in [0.1, 0.15) is 18.1 Å². The highest BCUT2D eigenvalue weighted by Crippen LogP contribution is 2.32. The number of aryl methyl sites for hydroxylation is 1. The molecule has 0 aliphatic heterocycles. The summed E-state index contributed by atoms with van der Waals surface area (Å²) in [7, 11) is 0. The van der Waals surface area contributed by atoms with Gasteiger partial charge in [-0.25, -0.2) is 13.9 Å². The Morgan fingerprint density at radius 3 is 2.43 bits per heavy atom. The van der Waals surface area contributed by atoms with Crippen molar-refractivity contribution in [2.24, 2.45) is 0 Å². The zero-order valence-corrected chi connectivity index (χ0v) is 19.6. The number of rotatable bonds is 9. The maximum atomic E-state index is 13.7. The molecule has 4 aromatic rings. The average molecular weight is 513 g/mol. The van der Waals surface area contributed by atoms with Crippen LogP contribution in [0.1, 0.15) is 29.5 Å². The average Bonchev–Trinajstić information content (AvgIpc) is 3.13. The maximum absolute atomic E-state index is 13.7. The molecule has 0 unspecified atom stereocenters. The van der Waals surface area contributed by atoms with Gasteiger partial charge in [0.25, 0.3) is 0 Å². The number of benzene rings is 3. The van der Waals surface area contributed by atoms with E-state index < -0.39 is 29.8 Å². The molecule has 3 aromatic carbocycles. The van der Waals surface area contributed by atoms with Crippen LogP contribution in [0.4, 0.5) is 17.6 Å². The lowest BCUT2D eigenvalue weighted by Crippen LogP contribution is -2.28. The van der Waals surface area contributed by atoms with Crippen molar-refractivity contribution in [1.82, 2.24) is 14.3 Å². The summed E-state index contributed by atoms with van der Waals surface area (Å²) >= 11 is 0. The Morgan fingerprint density at radius 2 is 1.70 bits per heavy atom. The molecule has 0 radical (unpaired) electrons. The first-order chi connectivity index (χ1) is 17.6. The molecule has 0 saturated carbocycles. The van der Waals surface area contributed by atoms with Crippen molar-refractivity contribution in [2.75, 3.05) is 0 Å². The normalized spacial score (nSPS) is 11.6. The molecule has 0 saturated heterocycles. The van der Waals surface area contributed by atoms with E-state index in [1.165, 1.54) is 47.0 Å².